The first-order valence-corrected chi connectivity index (χ1v) is 8.30. The van der Waals surface area contributed by atoms with Crippen LogP contribution in [0.25, 0.3) is 10.9 Å². The molecule has 0 aliphatic rings. The minimum Gasteiger partial charge on any atom is -0.478 e. The number of rotatable bonds is 3. The van der Waals surface area contributed by atoms with Gasteiger partial charge in [0.05, 0.1) is 31.2 Å². The fourth-order valence-electron chi connectivity index (χ4n) is 2.36. The van der Waals surface area contributed by atoms with Crippen molar-refractivity contribution in [1.82, 2.24) is 4.98 Å². The molecule has 3 N–H and O–H groups in total. The minimum atomic E-state index is -1.45. The first-order valence-electron chi connectivity index (χ1n) is 6.79. The topological polar surface area (TPSA) is 82.2 Å². The summed E-state index contributed by atoms with van der Waals surface area (Å²) in [4.78, 5) is 27.2. The van der Waals surface area contributed by atoms with Crippen LogP contribution in [0.3, 0.4) is 0 Å². The minimum absolute atomic E-state index is 0.191. The van der Waals surface area contributed by atoms with Crippen LogP contribution in [0.15, 0.2) is 30.5 Å². The standard InChI is InChI=1S/C16H8Cl4N2O3/c17-11-9(10(16(24)25)12(18)14(20)13(11)19)15(23)22-7-2-1-6-3-4-21-8(6)5-7/h1-5,21H,(H,22,23)(H,24,25). The van der Waals surface area contributed by atoms with Crippen LogP contribution >= 0.6 is 46.4 Å². The Hall–Kier alpha value is -1.92. The summed E-state index contributed by atoms with van der Waals surface area (Å²) >= 11 is 23.8. The Morgan fingerprint density at radius 1 is 0.920 bits per heavy atom. The molecule has 0 unspecified atom stereocenters. The molecule has 1 amide bonds. The summed E-state index contributed by atoms with van der Waals surface area (Å²) < 4.78 is 0. The fourth-order valence-corrected chi connectivity index (χ4v) is 3.38. The van der Waals surface area contributed by atoms with E-state index >= 15 is 0 Å². The van der Waals surface area contributed by atoms with E-state index in [1.807, 2.05) is 6.07 Å². The number of aromatic carboxylic acids is 1. The monoisotopic (exact) mass is 416 g/mol. The predicted octanol–water partition coefficient (Wildman–Crippen LogP) is 5.73. The summed E-state index contributed by atoms with van der Waals surface area (Å²) in [7, 11) is 0. The number of aromatic nitrogens is 1. The van der Waals surface area contributed by atoms with Gasteiger partial charge in [-0.05, 0) is 23.6 Å². The van der Waals surface area contributed by atoms with Crippen molar-refractivity contribution in [3.8, 4) is 0 Å². The highest BCUT2D eigenvalue weighted by atomic mass is 35.5. The number of carboxylic acids is 1. The molecule has 0 atom stereocenters. The van der Waals surface area contributed by atoms with Crippen LogP contribution < -0.4 is 5.32 Å². The summed E-state index contributed by atoms with van der Waals surface area (Å²) in [6.45, 7) is 0. The van der Waals surface area contributed by atoms with Crippen LogP contribution in [-0.4, -0.2) is 22.0 Å². The van der Waals surface area contributed by atoms with Crippen LogP contribution in [0.2, 0.25) is 20.1 Å². The van der Waals surface area contributed by atoms with E-state index in [2.05, 4.69) is 10.3 Å². The second kappa shape index (κ2) is 6.77. The van der Waals surface area contributed by atoms with E-state index < -0.39 is 17.4 Å². The van der Waals surface area contributed by atoms with Gasteiger partial charge in [-0.3, -0.25) is 4.79 Å². The first-order chi connectivity index (χ1) is 11.8. The highest BCUT2D eigenvalue weighted by Crippen LogP contribution is 2.41. The number of anilines is 1. The average molecular weight is 418 g/mol. The van der Waals surface area contributed by atoms with Gasteiger partial charge in [-0.2, -0.15) is 0 Å². The van der Waals surface area contributed by atoms with E-state index in [4.69, 9.17) is 46.4 Å². The van der Waals surface area contributed by atoms with Crippen molar-refractivity contribution in [2.75, 3.05) is 5.32 Å². The third kappa shape index (κ3) is 3.16. The molecule has 9 heteroatoms. The Balaban J connectivity index is 2.08. The van der Waals surface area contributed by atoms with Crippen molar-refractivity contribution in [1.29, 1.82) is 0 Å². The summed E-state index contributed by atoms with van der Waals surface area (Å²) in [5.41, 5.74) is 0.365. The second-order valence-corrected chi connectivity index (χ2v) is 6.56. The Bertz CT molecular complexity index is 1030. The number of nitrogens with one attached hydrogen (secondary N) is 2. The number of hydrogen-bond acceptors (Lipinski definition) is 2. The molecule has 5 nitrogen and oxygen atoms in total. The zero-order chi connectivity index (χ0) is 18.3. The molecule has 1 aromatic heterocycles. The van der Waals surface area contributed by atoms with Crippen LogP contribution in [0.5, 0.6) is 0 Å². The van der Waals surface area contributed by atoms with Crippen molar-refractivity contribution in [2.24, 2.45) is 0 Å². The molecule has 1 heterocycles. The van der Waals surface area contributed by atoms with Crippen LogP contribution in [0.4, 0.5) is 5.69 Å². The molecule has 3 rings (SSSR count). The molecule has 0 aliphatic carbocycles. The molecule has 0 saturated carbocycles. The van der Waals surface area contributed by atoms with Gasteiger partial charge in [0.1, 0.15) is 0 Å². The molecular weight excluding hydrogens is 410 g/mol. The number of H-pyrrole nitrogens is 1. The van der Waals surface area contributed by atoms with Gasteiger partial charge in [0.25, 0.3) is 5.91 Å². The zero-order valence-corrected chi connectivity index (χ0v) is 15.2. The maximum absolute atomic E-state index is 12.6. The Morgan fingerprint density at radius 2 is 1.56 bits per heavy atom. The lowest BCUT2D eigenvalue weighted by Crippen LogP contribution is -2.18. The third-order valence-electron chi connectivity index (χ3n) is 3.52. The van der Waals surface area contributed by atoms with E-state index in [0.717, 1.165) is 10.9 Å². The van der Waals surface area contributed by atoms with Crippen LogP contribution in [-0.2, 0) is 0 Å². The number of amides is 1. The summed E-state index contributed by atoms with van der Waals surface area (Å²) in [6.07, 6.45) is 1.76. The number of fused-ring (bicyclic) bond motifs is 1. The summed E-state index contributed by atoms with van der Waals surface area (Å²) in [5, 5.41) is 11.9. The van der Waals surface area contributed by atoms with Crippen molar-refractivity contribution in [3.63, 3.8) is 0 Å². The third-order valence-corrected chi connectivity index (χ3v) is 5.32. The highest BCUT2D eigenvalue weighted by Gasteiger charge is 2.28. The molecule has 0 aliphatic heterocycles. The van der Waals surface area contributed by atoms with Crippen molar-refractivity contribution in [2.45, 2.75) is 0 Å². The van der Waals surface area contributed by atoms with Gasteiger partial charge in [-0.15, -0.1) is 0 Å². The molecule has 0 radical (unpaired) electrons. The fraction of sp³-hybridized carbons (Fsp3) is 0. The van der Waals surface area contributed by atoms with E-state index in [1.165, 1.54) is 0 Å². The largest absolute Gasteiger partial charge is 0.478 e. The van der Waals surface area contributed by atoms with E-state index in [1.54, 1.807) is 24.4 Å². The van der Waals surface area contributed by atoms with Gasteiger partial charge in [0, 0.05) is 17.4 Å². The van der Waals surface area contributed by atoms with Crippen molar-refractivity contribution >= 4 is 74.9 Å². The molecule has 3 aromatic rings. The number of aromatic amines is 1. The van der Waals surface area contributed by atoms with Gasteiger partial charge in [0.2, 0.25) is 0 Å². The van der Waals surface area contributed by atoms with Gasteiger partial charge < -0.3 is 15.4 Å². The number of carboxylic acid groups (broad SMARTS) is 1. The Morgan fingerprint density at radius 3 is 2.20 bits per heavy atom. The molecule has 0 fully saturated rings. The molecule has 0 saturated heterocycles. The lowest BCUT2D eigenvalue weighted by atomic mass is 10.1. The summed E-state index contributed by atoms with van der Waals surface area (Å²) in [5.74, 6) is -2.22. The number of carbonyl (C=O) groups is 2. The van der Waals surface area contributed by atoms with Crippen molar-refractivity contribution in [3.05, 3.63) is 61.7 Å². The molecular formula is C16H8Cl4N2O3. The molecule has 0 bridgehead atoms. The highest BCUT2D eigenvalue weighted by molar-refractivity contribution is 6.54. The second-order valence-electron chi connectivity index (χ2n) is 5.04. The van der Waals surface area contributed by atoms with Gasteiger partial charge >= 0.3 is 5.97 Å². The van der Waals surface area contributed by atoms with Crippen LogP contribution in [0.1, 0.15) is 20.7 Å². The smallest absolute Gasteiger partial charge is 0.338 e. The molecule has 25 heavy (non-hydrogen) atoms. The zero-order valence-electron chi connectivity index (χ0n) is 12.2. The quantitative estimate of drug-likeness (QED) is 0.375. The lowest BCUT2D eigenvalue weighted by Gasteiger charge is -2.14. The van der Waals surface area contributed by atoms with Gasteiger partial charge in [-0.25, -0.2) is 4.79 Å². The van der Waals surface area contributed by atoms with E-state index in [9.17, 15) is 14.7 Å². The van der Waals surface area contributed by atoms with E-state index in [0.29, 0.717) is 5.69 Å². The normalized spacial score (nSPS) is 10.9. The Kier molecular flexibility index (Phi) is 4.84. The number of carbonyl (C=O) groups excluding carboxylic acids is 1. The van der Waals surface area contributed by atoms with Gasteiger partial charge in [-0.1, -0.05) is 52.5 Å². The average Bonchev–Trinajstić information content (AvgIpc) is 3.03. The maximum Gasteiger partial charge on any atom is 0.338 e. The number of hydrogen-bond donors (Lipinski definition) is 3. The molecule has 0 spiro atoms. The van der Waals surface area contributed by atoms with Crippen LogP contribution in [0, 0.1) is 0 Å². The lowest BCUT2D eigenvalue weighted by molar-refractivity contribution is 0.0692. The maximum atomic E-state index is 12.6. The van der Waals surface area contributed by atoms with E-state index in [-0.39, 0.29) is 25.7 Å². The number of halogens is 4. The summed E-state index contributed by atoms with van der Waals surface area (Å²) in [6, 6.07) is 7.03. The molecule has 2 aromatic carbocycles. The SMILES string of the molecule is O=C(O)c1c(Cl)c(Cl)c(Cl)c(Cl)c1C(=O)Nc1ccc2cc[nH]c2c1. The number of benzene rings is 2. The van der Waals surface area contributed by atoms with Gasteiger partial charge in [0.15, 0.2) is 0 Å². The predicted molar refractivity (Wildman–Crippen MR) is 99.7 cm³/mol. The Labute approximate surface area is 161 Å². The van der Waals surface area contributed by atoms with Crippen molar-refractivity contribution < 1.29 is 14.7 Å². The first kappa shape index (κ1) is 17.9. The molecule has 128 valence electrons.